The number of benzene rings is 2. The van der Waals surface area contributed by atoms with Crippen LogP contribution in [0.5, 0.6) is 11.5 Å². The first kappa shape index (κ1) is 15.6. The summed E-state index contributed by atoms with van der Waals surface area (Å²) in [5.41, 5.74) is 2.84. The minimum Gasteiger partial charge on any atom is -0.490 e. The third kappa shape index (κ3) is 3.18. The molecule has 4 rings (SSSR count). The Hall–Kier alpha value is -2.95. The van der Waals surface area contributed by atoms with Crippen LogP contribution in [0.1, 0.15) is 12.1 Å². The smallest absolute Gasteiger partial charge is 0.244 e. The molecule has 128 valence electrons. The first-order valence-corrected chi connectivity index (χ1v) is 8.45. The van der Waals surface area contributed by atoms with Gasteiger partial charge < -0.3 is 19.4 Å². The molecule has 0 atom stereocenters. The standard InChI is InChI=1S/C20H20N2O3/c1-14-11-15-5-2-3-6-17(15)22(14)13-20(23)21-16-7-8-18-19(12-16)25-10-4-9-24-18/h2-3,5-8,11-12H,4,9-10,13H2,1H3,(H,21,23). The molecule has 0 saturated heterocycles. The number of para-hydroxylation sites is 1. The lowest BCUT2D eigenvalue weighted by Crippen LogP contribution is -2.19. The first-order chi connectivity index (χ1) is 12.2. The lowest BCUT2D eigenvalue weighted by atomic mass is 10.2. The fourth-order valence-electron chi connectivity index (χ4n) is 3.14. The Morgan fingerprint density at radius 2 is 1.88 bits per heavy atom. The van der Waals surface area contributed by atoms with Crippen molar-refractivity contribution in [1.82, 2.24) is 4.57 Å². The molecule has 0 fully saturated rings. The van der Waals surface area contributed by atoms with Crippen molar-refractivity contribution in [3.8, 4) is 11.5 Å². The summed E-state index contributed by atoms with van der Waals surface area (Å²) in [5, 5.41) is 4.09. The molecule has 0 spiro atoms. The van der Waals surface area contributed by atoms with E-state index in [1.165, 1.54) is 0 Å². The summed E-state index contributed by atoms with van der Waals surface area (Å²) in [6.07, 6.45) is 0.857. The second-order valence-corrected chi connectivity index (χ2v) is 6.19. The largest absolute Gasteiger partial charge is 0.490 e. The highest BCUT2D eigenvalue weighted by molar-refractivity contribution is 5.92. The van der Waals surface area contributed by atoms with Crippen molar-refractivity contribution in [3.05, 3.63) is 54.2 Å². The number of carbonyl (C=O) groups is 1. The molecule has 0 radical (unpaired) electrons. The van der Waals surface area contributed by atoms with Crippen molar-refractivity contribution in [2.75, 3.05) is 18.5 Å². The Morgan fingerprint density at radius 3 is 2.76 bits per heavy atom. The van der Waals surface area contributed by atoms with Gasteiger partial charge in [-0.25, -0.2) is 0 Å². The minimum atomic E-state index is -0.0704. The molecule has 0 saturated carbocycles. The van der Waals surface area contributed by atoms with Gasteiger partial charge in [0.25, 0.3) is 0 Å². The Labute approximate surface area is 146 Å². The van der Waals surface area contributed by atoms with Crippen LogP contribution < -0.4 is 14.8 Å². The van der Waals surface area contributed by atoms with E-state index in [0.29, 0.717) is 24.7 Å². The average molecular weight is 336 g/mol. The molecule has 1 aliphatic heterocycles. The van der Waals surface area contributed by atoms with Crippen molar-refractivity contribution in [1.29, 1.82) is 0 Å². The lowest BCUT2D eigenvalue weighted by Gasteiger charge is -2.12. The third-order valence-electron chi connectivity index (χ3n) is 4.35. The molecule has 0 aliphatic carbocycles. The van der Waals surface area contributed by atoms with Crippen LogP contribution in [0.25, 0.3) is 10.9 Å². The summed E-state index contributed by atoms with van der Waals surface area (Å²) < 4.78 is 13.3. The van der Waals surface area contributed by atoms with Crippen LogP contribution in [0, 0.1) is 6.92 Å². The number of anilines is 1. The Balaban J connectivity index is 1.52. The molecule has 1 aliphatic rings. The number of nitrogens with one attached hydrogen (secondary N) is 1. The Bertz CT molecular complexity index is 930. The van der Waals surface area contributed by atoms with E-state index in [-0.39, 0.29) is 12.5 Å². The number of amides is 1. The number of fused-ring (bicyclic) bond motifs is 2. The molecule has 1 aromatic heterocycles. The molecule has 1 N–H and O–H groups in total. The van der Waals surface area contributed by atoms with Crippen LogP contribution in [0.4, 0.5) is 5.69 Å². The van der Waals surface area contributed by atoms with E-state index in [4.69, 9.17) is 9.47 Å². The van der Waals surface area contributed by atoms with Crippen LogP contribution in [0.2, 0.25) is 0 Å². The molecule has 25 heavy (non-hydrogen) atoms. The summed E-state index contributed by atoms with van der Waals surface area (Å²) in [4.78, 5) is 12.5. The monoisotopic (exact) mass is 336 g/mol. The first-order valence-electron chi connectivity index (χ1n) is 8.45. The van der Waals surface area contributed by atoms with Gasteiger partial charge in [0.2, 0.25) is 5.91 Å². The van der Waals surface area contributed by atoms with Crippen molar-refractivity contribution >= 4 is 22.5 Å². The molecule has 0 unspecified atom stereocenters. The number of aryl methyl sites for hydroxylation is 1. The Morgan fingerprint density at radius 1 is 1.08 bits per heavy atom. The van der Waals surface area contributed by atoms with Crippen LogP contribution in [0.15, 0.2) is 48.5 Å². The zero-order chi connectivity index (χ0) is 17.2. The zero-order valence-corrected chi connectivity index (χ0v) is 14.1. The Kier molecular flexibility index (Phi) is 4.06. The predicted molar refractivity (Wildman–Crippen MR) is 97.4 cm³/mol. The highest BCUT2D eigenvalue weighted by atomic mass is 16.5. The summed E-state index contributed by atoms with van der Waals surface area (Å²) in [6.45, 7) is 3.56. The molecule has 2 heterocycles. The highest BCUT2D eigenvalue weighted by Gasteiger charge is 2.13. The van der Waals surface area contributed by atoms with Crippen LogP contribution >= 0.6 is 0 Å². The molecule has 5 heteroatoms. The van der Waals surface area contributed by atoms with E-state index in [9.17, 15) is 4.79 Å². The number of ether oxygens (including phenoxy) is 2. The summed E-state index contributed by atoms with van der Waals surface area (Å²) in [7, 11) is 0. The maximum atomic E-state index is 12.5. The maximum Gasteiger partial charge on any atom is 0.244 e. The van der Waals surface area contributed by atoms with Gasteiger partial charge in [-0.15, -0.1) is 0 Å². The second-order valence-electron chi connectivity index (χ2n) is 6.19. The van der Waals surface area contributed by atoms with Gasteiger partial charge in [-0.2, -0.15) is 0 Å². The predicted octanol–water partition coefficient (Wildman–Crippen LogP) is 3.75. The summed E-state index contributed by atoms with van der Waals surface area (Å²) >= 11 is 0. The number of nitrogens with zero attached hydrogens (tertiary/aromatic N) is 1. The van der Waals surface area contributed by atoms with Gasteiger partial charge >= 0.3 is 0 Å². The molecule has 3 aromatic rings. The maximum absolute atomic E-state index is 12.5. The molecule has 1 amide bonds. The van der Waals surface area contributed by atoms with Crippen molar-refractivity contribution < 1.29 is 14.3 Å². The molecule has 2 aromatic carbocycles. The van der Waals surface area contributed by atoms with Gasteiger partial charge in [-0.3, -0.25) is 4.79 Å². The highest BCUT2D eigenvalue weighted by Crippen LogP contribution is 2.32. The number of rotatable bonds is 3. The molecular formula is C20H20N2O3. The molecule has 5 nitrogen and oxygen atoms in total. The van der Waals surface area contributed by atoms with Gasteiger partial charge in [0.05, 0.1) is 13.2 Å². The van der Waals surface area contributed by atoms with E-state index in [0.717, 1.165) is 28.8 Å². The lowest BCUT2D eigenvalue weighted by molar-refractivity contribution is -0.116. The quantitative estimate of drug-likeness (QED) is 0.792. The van der Waals surface area contributed by atoms with Crippen molar-refractivity contribution in [3.63, 3.8) is 0 Å². The third-order valence-corrected chi connectivity index (χ3v) is 4.35. The van der Waals surface area contributed by atoms with Gasteiger partial charge in [0.15, 0.2) is 11.5 Å². The SMILES string of the molecule is Cc1cc2ccccc2n1CC(=O)Nc1ccc2c(c1)OCCCO2. The van der Waals surface area contributed by atoms with Gasteiger partial charge in [0, 0.05) is 29.4 Å². The van der Waals surface area contributed by atoms with Crippen molar-refractivity contribution in [2.45, 2.75) is 19.9 Å². The zero-order valence-electron chi connectivity index (χ0n) is 14.1. The fourth-order valence-corrected chi connectivity index (χ4v) is 3.14. The molecule has 0 bridgehead atoms. The number of aromatic nitrogens is 1. The topological polar surface area (TPSA) is 52.5 Å². The van der Waals surface area contributed by atoms with Crippen LogP contribution in [-0.2, 0) is 11.3 Å². The second kappa shape index (κ2) is 6.51. The minimum absolute atomic E-state index is 0.0704. The number of hydrogen-bond donors (Lipinski definition) is 1. The summed E-state index contributed by atoms with van der Waals surface area (Å²) in [5.74, 6) is 1.33. The average Bonchev–Trinajstić information content (AvgIpc) is 2.78. The van der Waals surface area contributed by atoms with E-state index in [2.05, 4.69) is 17.4 Å². The van der Waals surface area contributed by atoms with E-state index in [1.54, 1.807) is 0 Å². The molecular weight excluding hydrogens is 316 g/mol. The van der Waals surface area contributed by atoms with Crippen molar-refractivity contribution in [2.24, 2.45) is 0 Å². The van der Waals surface area contributed by atoms with Gasteiger partial charge in [-0.1, -0.05) is 18.2 Å². The van der Waals surface area contributed by atoms with E-state index >= 15 is 0 Å². The number of carbonyl (C=O) groups excluding carboxylic acids is 1. The van der Waals surface area contributed by atoms with Crippen LogP contribution in [0.3, 0.4) is 0 Å². The fraction of sp³-hybridized carbons (Fsp3) is 0.250. The number of hydrogen-bond acceptors (Lipinski definition) is 3. The van der Waals surface area contributed by atoms with E-state index < -0.39 is 0 Å². The normalized spacial score (nSPS) is 13.5. The van der Waals surface area contributed by atoms with Gasteiger partial charge in [0.1, 0.15) is 6.54 Å². The summed E-state index contributed by atoms with van der Waals surface area (Å²) in [6, 6.07) is 15.7. The van der Waals surface area contributed by atoms with Crippen LogP contribution in [-0.4, -0.2) is 23.7 Å². The van der Waals surface area contributed by atoms with Gasteiger partial charge in [-0.05, 0) is 36.6 Å². The van der Waals surface area contributed by atoms with E-state index in [1.807, 2.05) is 47.9 Å².